The summed E-state index contributed by atoms with van der Waals surface area (Å²) in [5.74, 6) is -0.844. The number of amides is 3. The zero-order valence-corrected chi connectivity index (χ0v) is 17.7. The number of carbonyl (C=O) groups is 2. The van der Waals surface area contributed by atoms with E-state index in [2.05, 4.69) is 10.6 Å². The molecule has 0 bridgehead atoms. The van der Waals surface area contributed by atoms with Crippen LogP contribution in [0.3, 0.4) is 0 Å². The van der Waals surface area contributed by atoms with Crippen molar-refractivity contribution in [3.8, 4) is 6.07 Å². The lowest BCUT2D eigenvalue weighted by atomic mass is 9.98. The normalized spacial score (nSPS) is 17.0. The second-order valence-corrected chi connectivity index (χ2v) is 7.56. The first-order valence-corrected chi connectivity index (χ1v) is 10.0. The molecular weight excluding hydrogens is 432 g/mol. The molecule has 0 spiro atoms. The van der Waals surface area contributed by atoms with Gasteiger partial charge in [0.25, 0.3) is 5.91 Å². The fourth-order valence-electron chi connectivity index (χ4n) is 3.31. The summed E-state index contributed by atoms with van der Waals surface area (Å²) < 4.78 is 0. The molecule has 9 nitrogen and oxygen atoms in total. The van der Waals surface area contributed by atoms with E-state index in [1.807, 2.05) is 6.07 Å². The van der Waals surface area contributed by atoms with E-state index in [9.17, 15) is 14.7 Å². The zero-order chi connectivity index (χ0) is 23.3. The summed E-state index contributed by atoms with van der Waals surface area (Å²) in [6.07, 6.45) is 0. The first-order valence-electron chi connectivity index (χ1n) is 9.63. The lowest BCUT2D eigenvalue weighted by Crippen LogP contribution is -2.55. The van der Waals surface area contributed by atoms with Gasteiger partial charge in [0.1, 0.15) is 0 Å². The molecule has 32 heavy (non-hydrogen) atoms. The van der Waals surface area contributed by atoms with Crippen LogP contribution in [0.1, 0.15) is 11.1 Å². The lowest BCUT2D eigenvalue weighted by Gasteiger charge is -2.36. The van der Waals surface area contributed by atoms with Gasteiger partial charge in [0.2, 0.25) is 0 Å². The first kappa shape index (κ1) is 22.8. The molecular formula is C22H21ClN6O3. The number of carbonyl (C=O) groups excluding carboxylic acids is 2. The highest BCUT2D eigenvalue weighted by atomic mass is 35.5. The average molecular weight is 453 g/mol. The molecule has 2 aromatic rings. The van der Waals surface area contributed by atoms with Crippen molar-refractivity contribution in [2.24, 2.45) is 5.73 Å². The molecule has 2 aromatic carbocycles. The Bertz CT molecular complexity index is 1120. The standard InChI is InChI=1S/C22H21ClN6O3/c23-15-3-1-2-14(8-15)20(25)19(21(26)31)18-11-29(10-17(12-30)27-18)22(32)28-16-6-4-13(9-24)5-7-16/h1-8,17,25,27,30H,10-12H2,(H2,26,31)(H,28,32)/b19-18+,25-20?. The third kappa shape index (κ3) is 5.24. The van der Waals surface area contributed by atoms with Crippen LogP contribution in [0.5, 0.6) is 0 Å². The van der Waals surface area contributed by atoms with Crippen LogP contribution in [0.15, 0.2) is 59.8 Å². The Hall–Kier alpha value is -3.87. The predicted molar refractivity (Wildman–Crippen MR) is 120 cm³/mol. The molecule has 0 aromatic heterocycles. The summed E-state index contributed by atoms with van der Waals surface area (Å²) in [6, 6.07) is 13.8. The maximum Gasteiger partial charge on any atom is 0.322 e. The van der Waals surface area contributed by atoms with E-state index in [1.165, 1.54) is 11.0 Å². The summed E-state index contributed by atoms with van der Waals surface area (Å²) in [6.45, 7) is -0.167. The highest BCUT2D eigenvalue weighted by molar-refractivity contribution is 6.32. The number of benzene rings is 2. The maximum atomic E-state index is 12.8. The number of nitriles is 1. The van der Waals surface area contributed by atoms with Gasteiger partial charge in [-0.1, -0.05) is 23.7 Å². The number of urea groups is 1. The summed E-state index contributed by atoms with van der Waals surface area (Å²) >= 11 is 6.01. The number of halogens is 1. The number of nitrogens with two attached hydrogens (primary N) is 1. The van der Waals surface area contributed by atoms with Crippen LogP contribution < -0.4 is 16.4 Å². The Morgan fingerprint density at radius 2 is 2.03 bits per heavy atom. The monoisotopic (exact) mass is 452 g/mol. The van der Waals surface area contributed by atoms with Crippen LogP contribution in [0.2, 0.25) is 5.02 Å². The van der Waals surface area contributed by atoms with Crippen LogP contribution >= 0.6 is 11.6 Å². The van der Waals surface area contributed by atoms with Gasteiger partial charge in [-0.2, -0.15) is 5.26 Å². The highest BCUT2D eigenvalue weighted by Crippen LogP contribution is 2.20. The summed E-state index contributed by atoms with van der Waals surface area (Å²) in [5, 5.41) is 33.2. The fourth-order valence-corrected chi connectivity index (χ4v) is 3.50. The number of nitrogens with one attached hydrogen (secondary N) is 3. The molecule has 0 radical (unpaired) electrons. The van der Waals surface area contributed by atoms with Crippen LogP contribution in [0.25, 0.3) is 0 Å². The number of hydrogen-bond acceptors (Lipinski definition) is 6. The Morgan fingerprint density at radius 3 is 2.62 bits per heavy atom. The smallest absolute Gasteiger partial charge is 0.322 e. The minimum absolute atomic E-state index is 0.0279. The number of anilines is 1. The second kappa shape index (κ2) is 9.96. The van der Waals surface area contributed by atoms with Gasteiger partial charge in [0.05, 0.1) is 42.1 Å². The Labute approximate surface area is 189 Å². The molecule has 0 aliphatic carbocycles. The van der Waals surface area contributed by atoms with Gasteiger partial charge in [-0.3, -0.25) is 10.2 Å². The van der Waals surface area contributed by atoms with Crippen LogP contribution in [-0.4, -0.2) is 53.4 Å². The fraction of sp³-hybridized carbons (Fsp3) is 0.182. The van der Waals surface area contributed by atoms with E-state index in [0.717, 1.165) is 0 Å². The largest absolute Gasteiger partial charge is 0.394 e. The minimum Gasteiger partial charge on any atom is -0.394 e. The van der Waals surface area contributed by atoms with Gasteiger partial charge in [0.15, 0.2) is 0 Å². The summed E-state index contributed by atoms with van der Waals surface area (Å²) in [5.41, 5.74) is 6.93. The lowest BCUT2D eigenvalue weighted by molar-refractivity contribution is -0.114. The number of piperazine rings is 1. The quantitative estimate of drug-likeness (QED) is 0.345. The third-order valence-corrected chi connectivity index (χ3v) is 5.09. The summed E-state index contributed by atoms with van der Waals surface area (Å²) in [4.78, 5) is 26.5. The highest BCUT2D eigenvalue weighted by Gasteiger charge is 2.30. The van der Waals surface area contributed by atoms with Gasteiger partial charge in [-0.05, 0) is 36.4 Å². The number of rotatable bonds is 5. The van der Waals surface area contributed by atoms with Crippen LogP contribution in [0.4, 0.5) is 10.5 Å². The van der Waals surface area contributed by atoms with E-state index in [4.69, 9.17) is 28.0 Å². The number of primary amides is 1. The van der Waals surface area contributed by atoms with Crippen molar-refractivity contribution < 1.29 is 14.7 Å². The third-order valence-electron chi connectivity index (χ3n) is 4.85. The average Bonchev–Trinajstić information content (AvgIpc) is 2.79. The topological polar surface area (TPSA) is 155 Å². The molecule has 10 heteroatoms. The van der Waals surface area contributed by atoms with Crippen molar-refractivity contribution >= 4 is 34.9 Å². The predicted octanol–water partition coefficient (Wildman–Crippen LogP) is 1.82. The van der Waals surface area contributed by atoms with Gasteiger partial charge in [-0.15, -0.1) is 0 Å². The second-order valence-electron chi connectivity index (χ2n) is 7.13. The molecule has 1 saturated heterocycles. The molecule has 6 N–H and O–H groups in total. The Morgan fingerprint density at radius 1 is 1.31 bits per heavy atom. The molecule has 1 fully saturated rings. The van der Waals surface area contributed by atoms with Gasteiger partial charge in [-0.25, -0.2) is 4.79 Å². The molecule has 1 unspecified atom stereocenters. The zero-order valence-electron chi connectivity index (χ0n) is 16.9. The van der Waals surface area contributed by atoms with E-state index >= 15 is 0 Å². The molecule has 1 atom stereocenters. The van der Waals surface area contributed by atoms with Crippen molar-refractivity contribution in [3.05, 3.63) is 76.0 Å². The Kier molecular flexibility index (Phi) is 7.10. The van der Waals surface area contributed by atoms with Gasteiger partial charge < -0.3 is 26.4 Å². The van der Waals surface area contributed by atoms with Gasteiger partial charge in [0, 0.05) is 28.5 Å². The number of aliphatic hydroxyl groups excluding tert-OH is 1. The van der Waals surface area contributed by atoms with E-state index < -0.39 is 18.0 Å². The van der Waals surface area contributed by atoms with Crippen LogP contribution in [0, 0.1) is 16.7 Å². The molecule has 164 valence electrons. The van der Waals surface area contributed by atoms with E-state index in [-0.39, 0.29) is 36.7 Å². The maximum absolute atomic E-state index is 12.8. The summed E-state index contributed by atoms with van der Waals surface area (Å²) in [7, 11) is 0. The number of aliphatic hydroxyl groups is 1. The number of nitrogens with zero attached hydrogens (tertiary/aromatic N) is 2. The Balaban J connectivity index is 1.89. The van der Waals surface area contributed by atoms with Gasteiger partial charge >= 0.3 is 6.03 Å². The molecule has 1 aliphatic rings. The minimum atomic E-state index is -0.844. The van der Waals surface area contributed by atoms with Crippen molar-refractivity contribution in [1.82, 2.24) is 10.2 Å². The van der Waals surface area contributed by atoms with E-state index in [1.54, 1.807) is 42.5 Å². The molecule has 0 saturated carbocycles. The first-order chi connectivity index (χ1) is 15.3. The molecule has 3 amide bonds. The molecule has 1 aliphatic heterocycles. The molecule has 1 heterocycles. The van der Waals surface area contributed by atoms with Crippen molar-refractivity contribution in [3.63, 3.8) is 0 Å². The van der Waals surface area contributed by atoms with Crippen molar-refractivity contribution in [1.29, 1.82) is 10.7 Å². The molecule has 3 rings (SSSR count). The van der Waals surface area contributed by atoms with E-state index in [0.29, 0.717) is 21.8 Å². The van der Waals surface area contributed by atoms with Crippen LogP contribution in [-0.2, 0) is 4.79 Å². The number of hydrogen-bond donors (Lipinski definition) is 5. The van der Waals surface area contributed by atoms with Crippen molar-refractivity contribution in [2.45, 2.75) is 6.04 Å². The van der Waals surface area contributed by atoms with Crippen molar-refractivity contribution in [2.75, 3.05) is 25.0 Å². The SMILES string of the molecule is N#Cc1ccc(NC(=O)N2C/C(=C(/C(=N)c3cccc(Cl)c3)C(N)=O)NC(CO)C2)cc1.